The Kier molecular flexibility index (Phi) is 3.25. The lowest BCUT2D eigenvalue weighted by Gasteiger charge is -2.03. The summed E-state index contributed by atoms with van der Waals surface area (Å²) < 4.78 is 2.09. The lowest BCUT2D eigenvalue weighted by Crippen LogP contribution is -2.00. The van der Waals surface area contributed by atoms with Crippen molar-refractivity contribution in [2.45, 2.75) is 6.92 Å². The highest BCUT2D eigenvalue weighted by molar-refractivity contribution is 9.10. The fourth-order valence-corrected chi connectivity index (χ4v) is 3.73. The van der Waals surface area contributed by atoms with Gasteiger partial charge in [-0.25, -0.2) is 0 Å². The van der Waals surface area contributed by atoms with Crippen molar-refractivity contribution >= 4 is 43.1 Å². The molecule has 0 aliphatic carbocycles. The highest BCUT2D eigenvalue weighted by Crippen LogP contribution is 2.28. The molecular formula is C16H11BrOS. The van der Waals surface area contributed by atoms with Crippen LogP contribution in [0.1, 0.15) is 21.5 Å². The second-order valence-corrected chi connectivity index (χ2v) is 6.32. The molecule has 0 amide bonds. The summed E-state index contributed by atoms with van der Waals surface area (Å²) in [4.78, 5) is 12.6. The molecule has 0 aliphatic rings. The van der Waals surface area contributed by atoms with Crippen LogP contribution >= 0.6 is 27.3 Å². The summed E-state index contributed by atoms with van der Waals surface area (Å²) in [5.41, 5.74) is 2.60. The summed E-state index contributed by atoms with van der Waals surface area (Å²) in [5.74, 6) is 0.0850. The standard InChI is InChI=1S/C16H11BrOS/c1-10-6-11(8-12(17)7-10)16(18)14-9-19-15-5-3-2-4-13(14)15/h2-9H,1H3. The number of halogens is 1. The second kappa shape index (κ2) is 4.91. The molecule has 3 aromatic rings. The molecule has 0 aliphatic heterocycles. The molecule has 0 bridgehead atoms. The number of rotatable bonds is 2. The molecule has 0 fully saturated rings. The first-order valence-corrected chi connectivity index (χ1v) is 7.60. The van der Waals surface area contributed by atoms with Gasteiger partial charge in [-0.15, -0.1) is 11.3 Å². The third kappa shape index (κ3) is 2.36. The molecule has 2 aromatic carbocycles. The van der Waals surface area contributed by atoms with Gasteiger partial charge >= 0.3 is 0 Å². The molecule has 3 heteroatoms. The predicted molar refractivity (Wildman–Crippen MR) is 84.1 cm³/mol. The lowest BCUT2D eigenvalue weighted by molar-refractivity contribution is 0.104. The molecule has 0 atom stereocenters. The summed E-state index contributed by atoms with van der Waals surface area (Å²) in [6.45, 7) is 1.99. The van der Waals surface area contributed by atoms with E-state index >= 15 is 0 Å². The molecular weight excluding hydrogens is 320 g/mol. The predicted octanol–water partition coefficient (Wildman–Crippen LogP) is 5.20. The zero-order valence-electron chi connectivity index (χ0n) is 10.3. The Morgan fingerprint density at radius 1 is 1.16 bits per heavy atom. The van der Waals surface area contributed by atoms with Crippen molar-refractivity contribution in [2.75, 3.05) is 0 Å². The second-order valence-electron chi connectivity index (χ2n) is 4.49. The van der Waals surface area contributed by atoms with E-state index < -0.39 is 0 Å². The van der Waals surface area contributed by atoms with Crippen molar-refractivity contribution in [3.05, 3.63) is 69.0 Å². The van der Waals surface area contributed by atoms with E-state index in [2.05, 4.69) is 15.9 Å². The van der Waals surface area contributed by atoms with Crippen LogP contribution in [0.4, 0.5) is 0 Å². The van der Waals surface area contributed by atoms with Crippen molar-refractivity contribution in [1.82, 2.24) is 0 Å². The molecule has 1 heterocycles. The molecule has 19 heavy (non-hydrogen) atoms. The molecule has 0 saturated heterocycles. The fourth-order valence-electron chi connectivity index (χ4n) is 2.18. The molecule has 3 rings (SSSR count). The van der Waals surface area contributed by atoms with Gasteiger partial charge in [0, 0.05) is 31.1 Å². The number of fused-ring (bicyclic) bond motifs is 1. The third-order valence-electron chi connectivity index (χ3n) is 3.03. The number of carbonyl (C=O) groups is 1. The van der Waals surface area contributed by atoms with Crippen LogP contribution in [-0.2, 0) is 0 Å². The lowest BCUT2D eigenvalue weighted by atomic mass is 10.0. The monoisotopic (exact) mass is 330 g/mol. The van der Waals surface area contributed by atoms with E-state index in [9.17, 15) is 4.79 Å². The Labute approximate surface area is 124 Å². The van der Waals surface area contributed by atoms with Gasteiger partial charge in [0.1, 0.15) is 0 Å². The van der Waals surface area contributed by atoms with Crippen molar-refractivity contribution < 1.29 is 4.79 Å². The highest BCUT2D eigenvalue weighted by atomic mass is 79.9. The van der Waals surface area contributed by atoms with Gasteiger partial charge in [-0.3, -0.25) is 4.79 Å². The van der Waals surface area contributed by atoms with Crippen molar-refractivity contribution in [2.24, 2.45) is 0 Å². The van der Waals surface area contributed by atoms with Crippen LogP contribution in [0.3, 0.4) is 0 Å². The number of hydrogen-bond acceptors (Lipinski definition) is 2. The minimum absolute atomic E-state index is 0.0850. The summed E-state index contributed by atoms with van der Waals surface area (Å²) in [6, 6.07) is 13.8. The molecule has 0 radical (unpaired) electrons. The zero-order valence-corrected chi connectivity index (χ0v) is 12.7. The quantitative estimate of drug-likeness (QED) is 0.590. The summed E-state index contributed by atoms with van der Waals surface area (Å²) in [5, 5.41) is 2.98. The van der Waals surface area contributed by atoms with E-state index in [0.717, 1.165) is 31.2 Å². The van der Waals surface area contributed by atoms with E-state index in [0.29, 0.717) is 0 Å². The Bertz CT molecular complexity index is 753. The van der Waals surface area contributed by atoms with E-state index in [-0.39, 0.29) is 5.78 Å². The Morgan fingerprint density at radius 2 is 1.95 bits per heavy atom. The van der Waals surface area contributed by atoms with Crippen LogP contribution in [0.5, 0.6) is 0 Å². The SMILES string of the molecule is Cc1cc(Br)cc(C(=O)c2csc3ccccc23)c1. The van der Waals surface area contributed by atoms with Gasteiger partial charge in [0.2, 0.25) is 0 Å². The van der Waals surface area contributed by atoms with Gasteiger partial charge < -0.3 is 0 Å². The number of hydrogen-bond donors (Lipinski definition) is 0. The van der Waals surface area contributed by atoms with Gasteiger partial charge in [0.25, 0.3) is 0 Å². The Hall–Kier alpha value is -1.45. The Morgan fingerprint density at radius 3 is 2.74 bits per heavy atom. The average Bonchev–Trinajstić information content (AvgIpc) is 2.80. The fraction of sp³-hybridized carbons (Fsp3) is 0.0625. The van der Waals surface area contributed by atoms with E-state index in [1.54, 1.807) is 11.3 Å². The van der Waals surface area contributed by atoms with E-state index in [1.807, 2.05) is 54.8 Å². The third-order valence-corrected chi connectivity index (χ3v) is 4.45. The summed E-state index contributed by atoms with van der Waals surface area (Å²) >= 11 is 5.06. The molecule has 94 valence electrons. The first-order chi connectivity index (χ1) is 9.15. The van der Waals surface area contributed by atoms with Crippen LogP contribution in [0.2, 0.25) is 0 Å². The normalized spacial score (nSPS) is 10.8. The van der Waals surface area contributed by atoms with Gasteiger partial charge in [-0.2, -0.15) is 0 Å². The van der Waals surface area contributed by atoms with Gasteiger partial charge in [-0.1, -0.05) is 34.1 Å². The van der Waals surface area contributed by atoms with Crippen molar-refractivity contribution in [1.29, 1.82) is 0 Å². The number of ketones is 1. The van der Waals surface area contributed by atoms with Crippen molar-refractivity contribution in [3.63, 3.8) is 0 Å². The zero-order chi connectivity index (χ0) is 13.4. The number of aryl methyl sites for hydroxylation is 1. The maximum Gasteiger partial charge on any atom is 0.194 e. The first-order valence-electron chi connectivity index (χ1n) is 5.93. The minimum atomic E-state index is 0.0850. The number of benzene rings is 2. The summed E-state index contributed by atoms with van der Waals surface area (Å²) in [6.07, 6.45) is 0. The van der Waals surface area contributed by atoms with Crippen LogP contribution < -0.4 is 0 Å². The molecule has 1 nitrogen and oxygen atoms in total. The molecule has 0 unspecified atom stereocenters. The van der Waals surface area contributed by atoms with Crippen LogP contribution in [0.15, 0.2) is 52.3 Å². The maximum atomic E-state index is 12.6. The van der Waals surface area contributed by atoms with Crippen LogP contribution in [0, 0.1) is 6.92 Å². The summed E-state index contributed by atoms with van der Waals surface area (Å²) in [7, 11) is 0. The molecule has 1 aromatic heterocycles. The van der Waals surface area contributed by atoms with Crippen LogP contribution in [0.25, 0.3) is 10.1 Å². The molecule has 0 spiro atoms. The van der Waals surface area contributed by atoms with Crippen LogP contribution in [-0.4, -0.2) is 5.78 Å². The van der Waals surface area contributed by atoms with E-state index in [1.165, 1.54) is 0 Å². The molecule has 0 saturated carbocycles. The molecule has 0 N–H and O–H groups in total. The Balaban J connectivity index is 2.13. The van der Waals surface area contributed by atoms with Gasteiger partial charge in [0.15, 0.2) is 5.78 Å². The number of thiophene rings is 1. The highest BCUT2D eigenvalue weighted by Gasteiger charge is 2.14. The smallest absolute Gasteiger partial charge is 0.194 e. The van der Waals surface area contributed by atoms with E-state index in [4.69, 9.17) is 0 Å². The topological polar surface area (TPSA) is 17.1 Å². The number of carbonyl (C=O) groups excluding carboxylic acids is 1. The minimum Gasteiger partial charge on any atom is -0.289 e. The largest absolute Gasteiger partial charge is 0.289 e. The maximum absolute atomic E-state index is 12.6. The van der Waals surface area contributed by atoms with Crippen molar-refractivity contribution in [3.8, 4) is 0 Å². The average molecular weight is 331 g/mol. The van der Waals surface area contributed by atoms with Gasteiger partial charge in [0.05, 0.1) is 0 Å². The van der Waals surface area contributed by atoms with Gasteiger partial charge in [-0.05, 0) is 36.8 Å². The first kappa shape index (κ1) is 12.6.